The van der Waals surface area contributed by atoms with Crippen molar-refractivity contribution in [3.8, 4) is 5.75 Å². The van der Waals surface area contributed by atoms with E-state index in [4.69, 9.17) is 4.74 Å². The lowest BCUT2D eigenvalue weighted by molar-refractivity contribution is 0.235. The minimum absolute atomic E-state index is 0.158. The number of likely N-dealkylation sites (N-methyl/N-ethyl adjacent to an activating group) is 1. The van der Waals surface area contributed by atoms with Gasteiger partial charge in [0.2, 0.25) is 0 Å². The van der Waals surface area contributed by atoms with E-state index >= 15 is 0 Å². The van der Waals surface area contributed by atoms with Crippen molar-refractivity contribution in [3.63, 3.8) is 0 Å². The fourth-order valence-electron chi connectivity index (χ4n) is 1.49. The molecule has 19 heavy (non-hydrogen) atoms. The van der Waals surface area contributed by atoms with Gasteiger partial charge in [-0.1, -0.05) is 12.1 Å². The smallest absolute Gasteiger partial charge is 0.314 e. The molecule has 0 heterocycles. The maximum atomic E-state index is 11.4. The van der Waals surface area contributed by atoms with Crippen LogP contribution in [-0.4, -0.2) is 51.3 Å². The van der Waals surface area contributed by atoms with Crippen LogP contribution in [0.5, 0.6) is 5.75 Å². The molecule has 0 radical (unpaired) electrons. The highest BCUT2D eigenvalue weighted by Crippen LogP contribution is 2.11. The molecule has 0 fully saturated rings. The molecule has 0 aromatic heterocycles. The highest BCUT2D eigenvalue weighted by molar-refractivity contribution is 5.73. The van der Waals surface area contributed by atoms with E-state index in [0.29, 0.717) is 19.7 Å². The Morgan fingerprint density at radius 3 is 2.68 bits per heavy atom. The molecule has 0 aliphatic carbocycles. The van der Waals surface area contributed by atoms with E-state index in [1.807, 2.05) is 50.2 Å². The zero-order chi connectivity index (χ0) is 14.1. The van der Waals surface area contributed by atoms with Gasteiger partial charge in [-0.2, -0.15) is 0 Å². The maximum absolute atomic E-state index is 11.4. The summed E-state index contributed by atoms with van der Waals surface area (Å²) in [5.74, 6) is 0.829. The Balaban J connectivity index is 2.08. The Labute approximate surface area is 114 Å². The lowest BCUT2D eigenvalue weighted by Gasteiger charge is -2.11. The molecule has 0 atom stereocenters. The summed E-state index contributed by atoms with van der Waals surface area (Å²) in [7, 11) is 3.94. The summed E-state index contributed by atoms with van der Waals surface area (Å²) in [6, 6.07) is 7.69. The molecule has 1 rings (SSSR count). The first kappa shape index (κ1) is 15.3. The third-order valence-electron chi connectivity index (χ3n) is 2.49. The zero-order valence-corrected chi connectivity index (χ0v) is 11.9. The Bertz CT molecular complexity index is 394. The molecule has 0 bridgehead atoms. The van der Waals surface area contributed by atoms with Gasteiger partial charge in [0.1, 0.15) is 12.4 Å². The molecule has 0 aliphatic heterocycles. The van der Waals surface area contributed by atoms with E-state index in [2.05, 4.69) is 10.6 Å². The van der Waals surface area contributed by atoms with Crippen molar-refractivity contribution in [1.82, 2.24) is 15.5 Å². The van der Waals surface area contributed by atoms with Gasteiger partial charge in [-0.25, -0.2) is 4.79 Å². The predicted molar refractivity (Wildman–Crippen MR) is 76.6 cm³/mol. The van der Waals surface area contributed by atoms with Gasteiger partial charge in [0.25, 0.3) is 0 Å². The van der Waals surface area contributed by atoms with Crippen molar-refractivity contribution < 1.29 is 9.53 Å². The van der Waals surface area contributed by atoms with Crippen molar-refractivity contribution in [2.24, 2.45) is 0 Å². The Morgan fingerprint density at radius 2 is 2.00 bits per heavy atom. The number of amides is 2. The molecule has 106 valence electrons. The van der Waals surface area contributed by atoms with Gasteiger partial charge >= 0.3 is 6.03 Å². The van der Waals surface area contributed by atoms with E-state index in [1.165, 1.54) is 0 Å². The largest absolute Gasteiger partial charge is 0.492 e. The van der Waals surface area contributed by atoms with Crippen LogP contribution in [0.2, 0.25) is 0 Å². The number of carbonyl (C=O) groups is 1. The van der Waals surface area contributed by atoms with E-state index in [0.717, 1.165) is 17.9 Å². The van der Waals surface area contributed by atoms with Crippen LogP contribution in [0.4, 0.5) is 4.79 Å². The van der Waals surface area contributed by atoms with E-state index in [9.17, 15) is 4.79 Å². The van der Waals surface area contributed by atoms with Gasteiger partial charge in [0.15, 0.2) is 0 Å². The number of nitrogens with one attached hydrogen (secondary N) is 2. The van der Waals surface area contributed by atoms with Crippen LogP contribution in [0.1, 0.15) is 5.56 Å². The number of rotatable bonds is 7. The molecule has 2 N–H and O–H groups in total. The Kier molecular flexibility index (Phi) is 6.74. The van der Waals surface area contributed by atoms with Crippen molar-refractivity contribution in [1.29, 1.82) is 0 Å². The average molecular weight is 265 g/mol. The Morgan fingerprint density at radius 1 is 1.26 bits per heavy atom. The van der Waals surface area contributed by atoms with Gasteiger partial charge in [0.05, 0.1) is 6.54 Å². The van der Waals surface area contributed by atoms with Crippen LogP contribution in [0.25, 0.3) is 0 Å². The normalized spacial score (nSPS) is 10.3. The van der Waals surface area contributed by atoms with Crippen LogP contribution >= 0.6 is 0 Å². The molecule has 0 spiro atoms. The monoisotopic (exact) mass is 265 g/mol. The molecule has 0 unspecified atom stereocenters. The summed E-state index contributed by atoms with van der Waals surface area (Å²) in [5, 5.41) is 5.52. The van der Waals surface area contributed by atoms with E-state index in [1.54, 1.807) is 0 Å². The summed E-state index contributed by atoms with van der Waals surface area (Å²) in [6.07, 6.45) is 0. The third kappa shape index (κ3) is 7.31. The van der Waals surface area contributed by atoms with Crippen LogP contribution in [0, 0.1) is 6.92 Å². The first-order valence-electron chi connectivity index (χ1n) is 6.44. The standard InChI is InChI=1S/C14H23N3O2/c1-12-5-4-6-13(11-12)19-10-8-16-14(18)15-7-9-17(2)3/h4-6,11H,7-10H2,1-3H3,(H2,15,16,18). The van der Waals surface area contributed by atoms with Crippen LogP contribution in [0.15, 0.2) is 24.3 Å². The van der Waals surface area contributed by atoms with Gasteiger partial charge in [-0.3, -0.25) is 0 Å². The molecule has 1 aromatic carbocycles. The molecule has 0 saturated carbocycles. The highest BCUT2D eigenvalue weighted by Gasteiger charge is 1.99. The molecular formula is C14H23N3O2. The van der Waals surface area contributed by atoms with Gasteiger partial charge in [-0.15, -0.1) is 0 Å². The molecule has 5 heteroatoms. The van der Waals surface area contributed by atoms with Crippen molar-refractivity contribution in [2.45, 2.75) is 6.92 Å². The topological polar surface area (TPSA) is 53.6 Å². The summed E-state index contributed by atoms with van der Waals surface area (Å²) < 4.78 is 5.53. The van der Waals surface area contributed by atoms with Crippen LogP contribution in [-0.2, 0) is 0 Å². The second kappa shape index (κ2) is 8.37. The lowest BCUT2D eigenvalue weighted by atomic mass is 10.2. The number of aryl methyl sites for hydroxylation is 1. The van der Waals surface area contributed by atoms with Gasteiger partial charge in [-0.05, 0) is 38.7 Å². The summed E-state index contributed by atoms with van der Waals surface area (Å²) in [4.78, 5) is 13.4. The number of nitrogens with zero attached hydrogens (tertiary/aromatic N) is 1. The first-order chi connectivity index (χ1) is 9.08. The SMILES string of the molecule is Cc1cccc(OCCNC(=O)NCCN(C)C)c1. The number of urea groups is 1. The quantitative estimate of drug-likeness (QED) is 0.729. The minimum Gasteiger partial charge on any atom is -0.492 e. The fourth-order valence-corrected chi connectivity index (χ4v) is 1.49. The average Bonchev–Trinajstić information content (AvgIpc) is 2.34. The predicted octanol–water partition coefficient (Wildman–Crippen LogP) is 1.23. The second-order valence-corrected chi connectivity index (χ2v) is 4.65. The lowest BCUT2D eigenvalue weighted by Crippen LogP contribution is -2.40. The van der Waals surface area contributed by atoms with E-state index < -0.39 is 0 Å². The molecular weight excluding hydrogens is 242 g/mol. The molecule has 0 aliphatic rings. The summed E-state index contributed by atoms with van der Waals surface area (Å²) >= 11 is 0. The zero-order valence-electron chi connectivity index (χ0n) is 11.9. The first-order valence-corrected chi connectivity index (χ1v) is 6.44. The Hall–Kier alpha value is -1.75. The molecule has 1 aromatic rings. The summed E-state index contributed by atoms with van der Waals surface area (Å²) in [6.45, 7) is 4.43. The number of hydrogen-bond acceptors (Lipinski definition) is 3. The van der Waals surface area contributed by atoms with Crippen LogP contribution in [0.3, 0.4) is 0 Å². The number of ether oxygens (including phenoxy) is 1. The minimum atomic E-state index is -0.158. The van der Waals surface area contributed by atoms with Crippen molar-refractivity contribution >= 4 is 6.03 Å². The number of hydrogen-bond donors (Lipinski definition) is 2. The third-order valence-corrected chi connectivity index (χ3v) is 2.49. The van der Waals surface area contributed by atoms with Gasteiger partial charge in [0, 0.05) is 13.1 Å². The van der Waals surface area contributed by atoms with Crippen LogP contribution < -0.4 is 15.4 Å². The molecule has 0 saturated heterocycles. The second-order valence-electron chi connectivity index (χ2n) is 4.65. The molecule has 5 nitrogen and oxygen atoms in total. The van der Waals surface area contributed by atoms with Gasteiger partial charge < -0.3 is 20.3 Å². The fraction of sp³-hybridized carbons (Fsp3) is 0.500. The van der Waals surface area contributed by atoms with Crippen molar-refractivity contribution in [3.05, 3.63) is 29.8 Å². The van der Waals surface area contributed by atoms with E-state index in [-0.39, 0.29) is 6.03 Å². The van der Waals surface area contributed by atoms with Crippen molar-refractivity contribution in [2.75, 3.05) is 40.3 Å². The molecule has 2 amide bonds. The summed E-state index contributed by atoms with van der Waals surface area (Å²) in [5.41, 5.74) is 1.16. The number of carbonyl (C=O) groups excluding carboxylic acids is 1. The highest BCUT2D eigenvalue weighted by atomic mass is 16.5. The maximum Gasteiger partial charge on any atom is 0.314 e. The number of benzene rings is 1.